The van der Waals surface area contributed by atoms with Gasteiger partial charge < -0.3 is 15.0 Å². The average molecular weight is 465 g/mol. The number of morpholine rings is 1. The molecule has 33 heavy (non-hydrogen) atoms. The third-order valence-electron chi connectivity index (χ3n) is 5.89. The number of aryl methyl sites for hydroxylation is 1. The number of aromatic nitrogens is 2. The van der Waals surface area contributed by atoms with Crippen molar-refractivity contribution in [3.05, 3.63) is 86.9 Å². The first-order valence-electron chi connectivity index (χ1n) is 11.0. The van der Waals surface area contributed by atoms with Crippen molar-refractivity contribution in [3.63, 3.8) is 0 Å². The molecule has 1 aliphatic rings. The molecule has 1 aliphatic heterocycles. The molecule has 4 rings (SSSR count). The van der Waals surface area contributed by atoms with Crippen LogP contribution in [0.2, 0.25) is 0 Å². The molecule has 2 heterocycles. The van der Waals surface area contributed by atoms with Crippen LogP contribution < -0.4 is 10.9 Å². The normalized spacial score (nSPS) is 15.3. The van der Waals surface area contributed by atoms with Crippen LogP contribution in [0.15, 0.2) is 59.9 Å². The van der Waals surface area contributed by atoms with E-state index in [0.717, 1.165) is 18.7 Å². The highest BCUT2D eigenvalue weighted by atomic mass is 32.1. The molecule has 0 bridgehead atoms. The summed E-state index contributed by atoms with van der Waals surface area (Å²) in [4.78, 5) is 31.3. The Morgan fingerprint density at radius 2 is 1.97 bits per heavy atom. The van der Waals surface area contributed by atoms with E-state index >= 15 is 0 Å². The van der Waals surface area contributed by atoms with E-state index < -0.39 is 0 Å². The van der Waals surface area contributed by atoms with Crippen molar-refractivity contribution in [1.82, 2.24) is 19.8 Å². The van der Waals surface area contributed by atoms with E-state index in [1.807, 2.05) is 6.92 Å². The predicted molar refractivity (Wildman–Crippen MR) is 132 cm³/mol. The number of aromatic amines is 1. The van der Waals surface area contributed by atoms with Gasteiger partial charge in [0, 0.05) is 31.7 Å². The lowest BCUT2D eigenvalue weighted by Crippen LogP contribution is -2.43. The molecule has 0 saturated carbocycles. The minimum absolute atomic E-state index is 0.175. The Morgan fingerprint density at radius 1 is 1.24 bits per heavy atom. The summed E-state index contributed by atoms with van der Waals surface area (Å²) >= 11 is 5.32. The smallest absolute Gasteiger partial charge is 0.262 e. The zero-order valence-corrected chi connectivity index (χ0v) is 19.5. The fourth-order valence-electron chi connectivity index (χ4n) is 4.01. The van der Waals surface area contributed by atoms with E-state index in [2.05, 4.69) is 46.0 Å². The van der Waals surface area contributed by atoms with Gasteiger partial charge in [-0.15, -0.1) is 6.58 Å². The zero-order chi connectivity index (χ0) is 23.4. The summed E-state index contributed by atoms with van der Waals surface area (Å²) in [5, 5.41) is 3.66. The maximum Gasteiger partial charge on any atom is 0.262 e. The molecule has 0 radical (unpaired) electrons. The Hall–Kier alpha value is -3.07. The molecule has 1 amide bonds. The van der Waals surface area contributed by atoms with Crippen LogP contribution in [0.25, 0.3) is 10.9 Å². The Labute approximate surface area is 197 Å². The van der Waals surface area contributed by atoms with Crippen LogP contribution in [0.3, 0.4) is 0 Å². The summed E-state index contributed by atoms with van der Waals surface area (Å²) in [5.41, 5.74) is 3.02. The number of carbonyl (C=O) groups is 1. The molecule has 1 atom stereocenters. The van der Waals surface area contributed by atoms with Crippen LogP contribution in [0.5, 0.6) is 0 Å². The molecule has 0 aliphatic carbocycles. The van der Waals surface area contributed by atoms with E-state index in [1.165, 1.54) is 10.1 Å². The molecular formula is C25H28N4O3S. The number of ether oxygens (including phenoxy) is 1. The maximum absolute atomic E-state index is 13.2. The van der Waals surface area contributed by atoms with Crippen molar-refractivity contribution >= 4 is 29.0 Å². The SMILES string of the molecule is C=CCn1c(=S)[nH]c2cc(C(=O)NC(CN3CCOCC3)c3ccc(C)cc3)ccc2c1=O. The average Bonchev–Trinajstić information content (AvgIpc) is 2.82. The number of hydrogen-bond acceptors (Lipinski definition) is 5. The highest BCUT2D eigenvalue weighted by Crippen LogP contribution is 2.18. The highest BCUT2D eigenvalue weighted by Gasteiger charge is 2.21. The summed E-state index contributed by atoms with van der Waals surface area (Å²) in [5.74, 6) is -0.203. The molecule has 0 spiro atoms. The predicted octanol–water partition coefficient (Wildman–Crippen LogP) is 3.36. The van der Waals surface area contributed by atoms with Gasteiger partial charge in [-0.25, -0.2) is 0 Å². The third kappa shape index (κ3) is 5.30. The molecule has 7 nitrogen and oxygen atoms in total. The first-order chi connectivity index (χ1) is 16.0. The topological polar surface area (TPSA) is 79.4 Å². The molecule has 1 fully saturated rings. The summed E-state index contributed by atoms with van der Waals surface area (Å²) in [7, 11) is 0. The lowest BCUT2D eigenvalue weighted by molar-refractivity contribution is 0.0332. The third-order valence-corrected chi connectivity index (χ3v) is 6.21. The van der Waals surface area contributed by atoms with E-state index in [9.17, 15) is 9.59 Å². The van der Waals surface area contributed by atoms with E-state index in [4.69, 9.17) is 17.0 Å². The van der Waals surface area contributed by atoms with Crippen LogP contribution in [-0.2, 0) is 11.3 Å². The summed E-state index contributed by atoms with van der Waals surface area (Å²) in [6.45, 7) is 9.80. The van der Waals surface area contributed by atoms with Crippen molar-refractivity contribution in [2.24, 2.45) is 0 Å². The zero-order valence-electron chi connectivity index (χ0n) is 18.7. The first kappa shape index (κ1) is 23.1. The van der Waals surface area contributed by atoms with Gasteiger partial charge in [0.05, 0.1) is 30.2 Å². The number of benzene rings is 2. The molecular weight excluding hydrogens is 436 g/mol. The Balaban J connectivity index is 1.61. The monoisotopic (exact) mass is 464 g/mol. The van der Waals surface area contributed by atoms with Crippen LogP contribution in [0.1, 0.15) is 27.5 Å². The van der Waals surface area contributed by atoms with Gasteiger partial charge in [0.25, 0.3) is 11.5 Å². The fourth-order valence-corrected chi connectivity index (χ4v) is 4.27. The number of rotatable bonds is 7. The molecule has 8 heteroatoms. The van der Waals surface area contributed by atoms with Gasteiger partial charge in [-0.3, -0.25) is 19.1 Å². The Bertz CT molecular complexity index is 1270. The van der Waals surface area contributed by atoms with Crippen molar-refractivity contribution < 1.29 is 9.53 Å². The summed E-state index contributed by atoms with van der Waals surface area (Å²) in [6, 6.07) is 13.1. The largest absolute Gasteiger partial charge is 0.379 e. The Morgan fingerprint density at radius 3 is 2.67 bits per heavy atom. The van der Waals surface area contributed by atoms with Crippen LogP contribution in [-0.4, -0.2) is 53.2 Å². The van der Waals surface area contributed by atoms with Gasteiger partial charge in [0.1, 0.15) is 0 Å². The summed E-state index contributed by atoms with van der Waals surface area (Å²) < 4.78 is 7.21. The van der Waals surface area contributed by atoms with E-state index in [1.54, 1.807) is 24.3 Å². The quantitative estimate of drug-likeness (QED) is 0.414. The van der Waals surface area contributed by atoms with Crippen LogP contribution in [0.4, 0.5) is 0 Å². The van der Waals surface area contributed by atoms with Gasteiger partial charge in [-0.1, -0.05) is 35.9 Å². The second kappa shape index (κ2) is 10.2. The standard InChI is InChI=1S/C25H28N4O3S/c1-3-10-29-24(31)20-9-8-19(15-21(20)27-25(29)33)23(30)26-22(16-28-11-13-32-14-12-28)18-6-4-17(2)5-7-18/h3-9,15,22H,1,10-14,16H2,2H3,(H,26,30)(H,27,33). The second-order valence-electron chi connectivity index (χ2n) is 8.24. The van der Waals surface area contributed by atoms with Crippen molar-refractivity contribution in [2.75, 3.05) is 32.8 Å². The number of allylic oxidation sites excluding steroid dienone is 1. The van der Waals surface area contributed by atoms with Crippen LogP contribution >= 0.6 is 12.2 Å². The minimum atomic E-state index is -0.203. The lowest BCUT2D eigenvalue weighted by atomic mass is 10.0. The minimum Gasteiger partial charge on any atom is -0.379 e. The van der Waals surface area contributed by atoms with Crippen molar-refractivity contribution in [1.29, 1.82) is 0 Å². The summed E-state index contributed by atoms with van der Waals surface area (Å²) in [6.07, 6.45) is 1.62. The second-order valence-corrected chi connectivity index (χ2v) is 8.63. The van der Waals surface area contributed by atoms with Crippen molar-refractivity contribution in [2.45, 2.75) is 19.5 Å². The molecule has 2 N–H and O–H groups in total. The molecule has 1 aromatic heterocycles. The molecule has 1 unspecified atom stereocenters. The van der Waals surface area contributed by atoms with E-state index in [0.29, 0.717) is 47.5 Å². The van der Waals surface area contributed by atoms with Gasteiger partial charge in [-0.05, 0) is 42.9 Å². The molecule has 2 aromatic carbocycles. The number of nitrogens with one attached hydrogen (secondary N) is 2. The lowest BCUT2D eigenvalue weighted by Gasteiger charge is -2.31. The van der Waals surface area contributed by atoms with Crippen molar-refractivity contribution in [3.8, 4) is 0 Å². The maximum atomic E-state index is 13.2. The first-order valence-corrected chi connectivity index (χ1v) is 11.4. The molecule has 1 saturated heterocycles. The number of fused-ring (bicyclic) bond motifs is 1. The number of carbonyl (C=O) groups excluding carboxylic acids is 1. The number of H-pyrrole nitrogens is 1. The highest BCUT2D eigenvalue weighted by molar-refractivity contribution is 7.71. The van der Waals surface area contributed by atoms with Gasteiger partial charge in [0.2, 0.25) is 0 Å². The number of nitrogens with zero attached hydrogens (tertiary/aromatic N) is 2. The van der Waals surface area contributed by atoms with Gasteiger partial charge in [-0.2, -0.15) is 0 Å². The van der Waals surface area contributed by atoms with Gasteiger partial charge in [0.15, 0.2) is 4.77 Å². The molecule has 172 valence electrons. The van der Waals surface area contributed by atoms with E-state index in [-0.39, 0.29) is 17.5 Å². The van der Waals surface area contributed by atoms with Gasteiger partial charge >= 0.3 is 0 Å². The fraction of sp³-hybridized carbons (Fsp3) is 0.320. The number of hydrogen-bond donors (Lipinski definition) is 2. The Kier molecular flexibility index (Phi) is 7.17. The number of amides is 1. The van der Waals surface area contributed by atoms with Crippen LogP contribution in [0, 0.1) is 11.7 Å². The molecule has 3 aromatic rings.